The highest BCUT2D eigenvalue weighted by atomic mass is 16.5. The normalized spacial score (nSPS) is 12.4. The Hall–Kier alpha value is -0.590. The topological polar surface area (TPSA) is 45.0 Å². The summed E-state index contributed by atoms with van der Waals surface area (Å²) >= 11 is 0. The molecular weight excluding hydrogens is 176 g/mol. The minimum atomic E-state index is 0.00186. The lowest BCUT2D eigenvalue weighted by molar-refractivity contribution is 0.197. The summed E-state index contributed by atoms with van der Waals surface area (Å²) in [6, 6.07) is 2.27. The highest BCUT2D eigenvalue weighted by molar-refractivity contribution is 4.89. The van der Waals surface area contributed by atoms with Crippen LogP contribution in [-0.4, -0.2) is 26.3 Å². The van der Waals surface area contributed by atoms with Crippen molar-refractivity contribution >= 4 is 0 Å². The van der Waals surface area contributed by atoms with Gasteiger partial charge in [0.1, 0.15) is 0 Å². The number of ether oxygens (including phenoxy) is 1. The van der Waals surface area contributed by atoms with E-state index in [1.165, 1.54) is 19.3 Å². The Bertz CT molecular complexity index is 154. The van der Waals surface area contributed by atoms with Crippen LogP contribution in [0.3, 0.4) is 0 Å². The maximum absolute atomic E-state index is 8.83. The van der Waals surface area contributed by atoms with Gasteiger partial charge in [0.2, 0.25) is 0 Å². The zero-order chi connectivity index (χ0) is 10.6. The summed E-state index contributed by atoms with van der Waals surface area (Å²) in [6.45, 7) is 3.63. The van der Waals surface area contributed by atoms with Crippen LogP contribution in [0.4, 0.5) is 0 Å². The molecule has 0 fully saturated rings. The van der Waals surface area contributed by atoms with Gasteiger partial charge in [-0.3, -0.25) is 5.32 Å². The van der Waals surface area contributed by atoms with Crippen molar-refractivity contribution in [3.63, 3.8) is 0 Å². The lowest BCUT2D eigenvalue weighted by atomic mass is 10.1. The van der Waals surface area contributed by atoms with E-state index in [0.29, 0.717) is 6.61 Å². The number of methoxy groups -OCH3 is 1. The van der Waals surface area contributed by atoms with Gasteiger partial charge in [0.25, 0.3) is 0 Å². The maximum Gasteiger partial charge on any atom is 0.0953 e. The summed E-state index contributed by atoms with van der Waals surface area (Å²) in [5.41, 5.74) is 0. The molecule has 3 heteroatoms. The number of nitriles is 1. The van der Waals surface area contributed by atoms with Crippen LogP contribution >= 0.6 is 0 Å². The van der Waals surface area contributed by atoms with E-state index in [2.05, 4.69) is 18.3 Å². The molecule has 0 saturated heterocycles. The molecule has 0 rings (SSSR count). The second-order valence-corrected chi connectivity index (χ2v) is 3.48. The number of hydrogen-bond donors (Lipinski definition) is 1. The Morgan fingerprint density at radius 3 is 2.71 bits per heavy atom. The Balaban J connectivity index is 3.35. The molecule has 0 bridgehead atoms. The second-order valence-electron chi connectivity index (χ2n) is 3.48. The first-order valence-corrected chi connectivity index (χ1v) is 5.47. The van der Waals surface area contributed by atoms with Crippen molar-refractivity contribution in [2.75, 3.05) is 20.3 Å². The van der Waals surface area contributed by atoms with Crippen molar-refractivity contribution in [1.82, 2.24) is 5.32 Å². The second kappa shape index (κ2) is 10.5. The quantitative estimate of drug-likeness (QED) is 0.577. The Labute approximate surface area is 87.4 Å². The van der Waals surface area contributed by atoms with E-state index in [0.717, 1.165) is 19.4 Å². The van der Waals surface area contributed by atoms with E-state index in [-0.39, 0.29) is 6.04 Å². The average molecular weight is 198 g/mol. The molecular formula is C11H22N2O. The van der Waals surface area contributed by atoms with Gasteiger partial charge >= 0.3 is 0 Å². The molecule has 1 N–H and O–H groups in total. The van der Waals surface area contributed by atoms with Gasteiger partial charge in [-0.2, -0.15) is 5.26 Å². The summed E-state index contributed by atoms with van der Waals surface area (Å²) < 4.78 is 4.91. The van der Waals surface area contributed by atoms with Gasteiger partial charge in [0, 0.05) is 13.7 Å². The third-order valence-electron chi connectivity index (χ3n) is 2.20. The third-order valence-corrected chi connectivity index (χ3v) is 2.20. The average Bonchev–Trinajstić information content (AvgIpc) is 2.22. The van der Waals surface area contributed by atoms with E-state index in [1.54, 1.807) is 7.11 Å². The molecule has 0 aliphatic rings. The molecule has 0 aromatic heterocycles. The Morgan fingerprint density at radius 2 is 2.14 bits per heavy atom. The zero-order valence-electron chi connectivity index (χ0n) is 9.38. The van der Waals surface area contributed by atoms with E-state index < -0.39 is 0 Å². The van der Waals surface area contributed by atoms with Crippen molar-refractivity contribution in [1.29, 1.82) is 5.26 Å². The van der Waals surface area contributed by atoms with Gasteiger partial charge in [-0.15, -0.1) is 0 Å². The fraction of sp³-hybridized carbons (Fsp3) is 0.909. The summed E-state index contributed by atoms with van der Waals surface area (Å²) in [5, 5.41) is 12.0. The van der Waals surface area contributed by atoms with Crippen molar-refractivity contribution in [2.45, 2.75) is 45.1 Å². The highest BCUT2D eigenvalue weighted by Gasteiger charge is 2.04. The van der Waals surface area contributed by atoms with Crippen LogP contribution in [0, 0.1) is 11.3 Å². The molecule has 3 nitrogen and oxygen atoms in total. The van der Waals surface area contributed by atoms with Crippen molar-refractivity contribution in [3.8, 4) is 6.07 Å². The summed E-state index contributed by atoms with van der Waals surface area (Å²) in [6.07, 6.45) is 5.86. The van der Waals surface area contributed by atoms with Crippen LogP contribution in [0.5, 0.6) is 0 Å². The van der Waals surface area contributed by atoms with Crippen molar-refractivity contribution < 1.29 is 4.74 Å². The first-order valence-electron chi connectivity index (χ1n) is 5.47. The standard InChI is InChI=1S/C11H22N2O/c1-3-4-5-6-7-11(10-12)13-8-9-14-2/h11,13H,3-9H2,1-2H3. The Morgan fingerprint density at radius 1 is 1.36 bits per heavy atom. The minimum absolute atomic E-state index is 0.00186. The third kappa shape index (κ3) is 8.03. The molecule has 0 spiro atoms. The Kier molecular flexibility index (Phi) is 10.0. The fourth-order valence-corrected chi connectivity index (χ4v) is 1.32. The van der Waals surface area contributed by atoms with Crippen LogP contribution in [0.15, 0.2) is 0 Å². The van der Waals surface area contributed by atoms with Gasteiger partial charge < -0.3 is 4.74 Å². The zero-order valence-corrected chi connectivity index (χ0v) is 9.38. The molecule has 1 unspecified atom stereocenters. The summed E-state index contributed by atoms with van der Waals surface area (Å²) in [4.78, 5) is 0. The van der Waals surface area contributed by atoms with Crippen LogP contribution in [0.2, 0.25) is 0 Å². The first kappa shape index (κ1) is 13.4. The van der Waals surface area contributed by atoms with Crippen molar-refractivity contribution in [3.05, 3.63) is 0 Å². The number of nitrogens with one attached hydrogen (secondary N) is 1. The summed E-state index contributed by atoms with van der Waals surface area (Å²) in [7, 11) is 1.67. The molecule has 1 atom stereocenters. The number of rotatable bonds is 9. The van der Waals surface area contributed by atoms with E-state index in [1.807, 2.05) is 0 Å². The molecule has 0 radical (unpaired) electrons. The number of hydrogen-bond acceptors (Lipinski definition) is 3. The lowest BCUT2D eigenvalue weighted by Gasteiger charge is -2.10. The van der Waals surface area contributed by atoms with Crippen LogP contribution in [0.1, 0.15) is 39.0 Å². The maximum atomic E-state index is 8.83. The van der Waals surface area contributed by atoms with Gasteiger partial charge in [0.05, 0.1) is 18.7 Å². The molecule has 0 aliphatic carbocycles. The molecule has 14 heavy (non-hydrogen) atoms. The van der Waals surface area contributed by atoms with E-state index in [9.17, 15) is 0 Å². The van der Waals surface area contributed by atoms with Gasteiger partial charge in [-0.25, -0.2) is 0 Å². The number of nitrogens with zero attached hydrogens (tertiary/aromatic N) is 1. The van der Waals surface area contributed by atoms with Crippen molar-refractivity contribution in [2.24, 2.45) is 0 Å². The predicted octanol–water partition coefficient (Wildman–Crippen LogP) is 2.08. The highest BCUT2D eigenvalue weighted by Crippen LogP contribution is 2.04. The minimum Gasteiger partial charge on any atom is -0.383 e. The monoisotopic (exact) mass is 198 g/mol. The first-order chi connectivity index (χ1) is 6.85. The van der Waals surface area contributed by atoms with Gasteiger partial charge in [-0.1, -0.05) is 32.6 Å². The molecule has 0 aromatic rings. The van der Waals surface area contributed by atoms with E-state index >= 15 is 0 Å². The fourth-order valence-electron chi connectivity index (χ4n) is 1.32. The smallest absolute Gasteiger partial charge is 0.0953 e. The SMILES string of the molecule is CCCCCCC(C#N)NCCOC. The van der Waals surface area contributed by atoms with Gasteiger partial charge in [-0.05, 0) is 6.42 Å². The van der Waals surface area contributed by atoms with Gasteiger partial charge in [0.15, 0.2) is 0 Å². The summed E-state index contributed by atoms with van der Waals surface area (Å²) in [5.74, 6) is 0. The van der Waals surface area contributed by atoms with Crippen LogP contribution in [-0.2, 0) is 4.74 Å². The van der Waals surface area contributed by atoms with Crippen LogP contribution in [0.25, 0.3) is 0 Å². The largest absolute Gasteiger partial charge is 0.383 e. The molecule has 0 aromatic carbocycles. The molecule has 0 heterocycles. The molecule has 0 aliphatic heterocycles. The predicted molar refractivity (Wildman–Crippen MR) is 58.0 cm³/mol. The number of unbranched alkanes of at least 4 members (excludes halogenated alkanes) is 3. The molecule has 0 saturated carbocycles. The molecule has 0 amide bonds. The van der Waals surface area contributed by atoms with Crippen LogP contribution < -0.4 is 5.32 Å². The lowest BCUT2D eigenvalue weighted by Crippen LogP contribution is -2.30. The van der Waals surface area contributed by atoms with E-state index in [4.69, 9.17) is 10.00 Å². The molecule has 82 valence electrons.